The Labute approximate surface area is 104 Å². The first-order valence-electron chi connectivity index (χ1n) is 6.74. The van der Waals surface area contributed by atoms with Crippen LogP contribution in [0, 0.1) is 0 Å². The highest BCUT2D eigenvalue weighted by atomic mass is 16.5. The van der Waals surface area contributed by atoms with Gasteiger partial charge in [-0.3, -0.25) is 0 Å². The van der Waals surface area contributed by atoms with Gasteiger partial charge in [-0.1, -0.05) is 24.6 Å². The van der Waals surface area contributed by atoms with Gasteiger partial charge >= 0.3 is 0 Å². The van der Waals surface area contributed by atoms with Crippen molar-refractivity contribution < 1.29 is 4.74 Å². The zero-order chi connectivity index (χ0) is 12.1. The number of ether oxygens (including phenoxy) is 1. The number of rotatable bonds is 4. The fraction of sp³-hybridized carbons (Fsp3) is 0.600. The zero-order valence-corrected chi connectivity index (χ0v) is 10.9. The fourth-order valence-electron chi connectivity index (χ4n) is 2.46. The summed E-state index contributed by atoms with van der Waals surface area (Å²) in [6, 6.07) is 8.73. The van der Waals surface area contributed by atoms with E-state index in [1.54, 1.807) is 0 Å². The van der Waals surface area contributed by atoms with Gasteiger partial charge in [-0.2, -0.15) is 0 Å². The maximum absolute atomic E-state index is 6.17. The molecule has 1 saturated carbocycles. The number of hydrogen-bond acceptors (Lipinski definition) is 2. The molecule has 0 amide bonds. The average molecular weight is 233 g/mol. The van der Waals surface area contributed by atoms with Crippen LogP contribution in [-0.2, 0) is 0 Å². The van der Waals surface area contributed by atoms with Gasteiger partial charge in [0.2, 0.25) is 0 Å². The molecule has 1 atom stereocenters. The molecule has 1 aliphatic rings. The summed E-state index contributed by atoms with van der Waals surface area (Å²) in [5.41, 5.74) is 1.26. The van der Waals surface area contributed by atoms with Crippen LogP contribution in [0.3, 0.4) is 0 Å². The Morgan fingerprint density at radius 1 is 1.18 bits per heavy atom. The topological polar surface area (TPSA) is 21.3 Å². The van der Waals surface area contributed by atoms with Crippen molar-refractivity contribution in [1.82, 2.24) is 5.32 Å². The van der Waals surface area contributed by atoms with Gasteiger partial charge in [0.05, 0.1) is 6.10 Å². The molecule has 0 heterocycles. The molecular weight excluding hydrogens is 210 g/mol. The second kappa shape index (κ2) is 6.06. The van der Waals surface area contributed by atoms with E-state index in [1.807, 2.05) is 7.05 Å². The van der Waals surface area contributed by atoms with Crippen molar-refractivity contribution in [3.05, 3.63) is 29.8 Å². The fourth-order valence-corrected chi connectivity index (χ4v) is 2.46. The van der Waals surface area contributed by atoms with Crippen LogP contribution in [0.2, 0.25) is 0 Å². The lowest BCUT2D eigenvalue weighted by molar-refractivity contribution is 0.153. The minimum atomic E-state index is 0.342. The Kier molecular flexibility index (Phi) is 4.43. The van der Waals surface area contributed by atoms with Crippen molar-refractivity contribution in [2.75, 3.05) is 7.05 Å². The van der Waals surface area contributed by atoms with E-state index < -0.39 is 0 Å². The summed E-state index contributed by atoms with van der Waals surface area (Å²) in [4.78, 5) is 0. The molecule has 1 aromatic carbocycles. The summed E-state index contributed by atoms with van der Waals surface area (Å²) in [5, 5.41) is 3.28. The van der Waals surface area contributed by atoms with E-state index in [-0.39, 0.29) is 0 Å². The minimum absolute atomic E-state index is 0.342. The van der Waals surface area contributed by atoms with Crippen molar-refractivity contribution in [2.24, 2.45) is 0 Å². The molecule has 0 bridgehead atoms. The Bertz CT molecular complexity index is 345. The second-order valence-electron chi connectivity index (χ2n) is 4.93. The van der Waals surface area contributed by atoms with Crippen LogP contribution >= 0.6 is 0 Å². The molecule has 0 spiro atoms. The Morgan fingerprint density at radius 3 is 2.59 bits per heavy atom. The highest BCUT2D eigenvalue weighted by Crippen LogP contribution is 2.29. The maximum Gasteiger partial charge on any atom is 0.124 e. The monoisotopic (exact) mass is 233 g/mol. The Balaban J connectivity index is 2.08. The van der Waals surface area contributed by atoms with E-state index in [1.165, 1.54) is 37.7 Å². The Hall–Kier alpha value is -1.02. The molecule has 0 saturated heterocycles. The van der Waals surface area contributed by atoms with E-state index >= 15 is 0 Å². The third-order valence-corrected chi connectivity index (χ3v) is 3.66. The summed E-state index contributed by atoms with van der Waals surface area (Å²) >= 11 is 0. The van der Waals surface area contributed by atoms with E-state index in [4.69, 9.17) is 4.74 Å². The van der Waals surface area contributed by atoms with Crippen LogP contribution in [-0.4, -0.2) is 13.2 Å². The van der Waals surface area contributed by atoms with Crippen LogP contribution < -0.4 is 10.1 Å². The lowest BCUT2D eigenvalue weighted by Crippen LogP contribution is -2.21. The first-order valence-corrected chi connectivity index (χ1v) is 6.74. The lowest BCUT2D eigenvalue weighted by atomic mass is 9.97. The summed E-state index contributed by atoms with van der Waals surface area (Å²) in [6.45, 7) is 2.17. The molecule has 1 aliphatic carbocycles. The van der Waals surface area contributed by atoms with Gasteiger partial charge in [-0.15, -0.1) is 0 Å². The zero-order valence-electron chi connectivity index (χ0n) is 10.9. The van der Waals surface area contributed by atoms with Crippen LogP contribution in [0.4, 0.5) is 0 Å². The normalized spacial score (nSPS) is 18.9. The van der Waals surface area contributed by atoms with Crippen molar-refractivity contribution >= 4 is 0 Å². The largest absolute Gasteiger partial charge is 0.490 e. The first kappa shape index (κ1) is 12.4. The quantitative estimate of drug-likeness (QED) is 0.856. The predicted octanol–water partition coefficient (Wildman–Crippen LogP) is 3.68. The number of nitrogens with one attached hydrogen (secondary N) is 1. The number of hydrogen-bond donors (Lipinski definition) is 1. The molecule has 0 radical (unpaired) electrons. The molecule has 0 aliphatic heterocycles. The molecule has 1 N–H and O–H groups in total. The van der Waals surface area contributed by atoms with Gasteiger partial charge in [-0.25, -0.2) is 0 Å². The van der Waals surface area contributed by atoms with Gasteiger partial charge in [0.25, 0.3) is 0 Å². The predicted molar refractivity (Wildman–Crippen MR) is 71.4 cm³/mol. The molecule has 2 heteroatoms. The molecular formula is C15H23NO. The van der Waals surface area contributed by atoms with Crippen molar-refractivity contribution in [3.63, 3.8) is 0 Å². The van der Waals surface area contributed by atoms with Crippen LogP contribution in [0.5, 0.6) is 5.75 Å². The summed E-state index contributed by atoms with van der Waals surface area (Å²) < 4.78 is 6.17. The van der Waals surface area contributed by atoms with Crippen molar-refractivity contribution in [2.45, 2.75) is 51.2 Å². The molecule has 1 unspecified atom stereocenters. The van der Waals surface area contributed by atoms with E-state index in [0.717, 1.165) is 5.75 Å². The van der Waals surface area contributed by atoms with Crippen LogP contribution in [0.15, 0.2) is 24.3 Å². The Morgan fingerprint density at radius 2 is 1.88 bits per heavy atom. The summed E-state index contributed by atoms with van der Waals surface area (Å²) in [5.74, 6) is 1.06. The van der Waals surface area contributed by atoms with E-state index in [0.29, 0.717) is 12.1 Å². The summed E-state index contributed by atoms with van der Waals surface area (Å²) in [6.07, 6.45) is 6.84. The van der Waals surface area contributed by atoms with Gasteiger partial charge < -0.3 is 10.1 Å². The van der Waals surface area contributed by atoms with Gasteiger partial charge in [0, 0.05) is 11.6 Å². The van der Waals surface area contributed by atoms with E-state index in [2.05, 4.69) is 36.5 Å². The summed E-state index contributed by atoms with van der Waals surface area (Å²) in [7, 11) is 1.99. The smallest absolute Gasteiger partial charge is 0.124 e. The van der Waals surface area contributed by atoms with Gasteiger partial charge in [0.1, 0.15) is 5.75 Å². The second-order valence-corrected chi connectivity index (χ2v) is 4.93. The molecule has 17 heavy (non-hydrogen) atoms. The molecule has 1 aromatic rings. The van der Waals surface area contributed by atoms with Crippen LogP contribution in [0.1, 0.15) is 50.6 Å². The lowest BCUT2D eigenvalue weighted by Gasteiger charge is -2.25. The molecule has 2 nitrogen and oxygen atoms in total. The average Bonchev–Trinajstić information content (AvgIpc) is 2.40. The third-order valence-electron chi connectivity index (χ3n) is 3.66. The number of para-hydroxylation sites is 1. The van der Waals surface area contributed by atoms with Crippen molar-refractivity contribution in [3.8, 4) is 5.75 Å². The molecule has 2 rings (SSSR count). The number of benzene rings is 1. The molecule has 1 fully saturated rings. The highest BCUT2D eigenvalue weighted by Gasteiger charge is 2.17. The minimum Gasteiger partial charge on any atom is -0.490 e. The molecule has 94 valence electrons. The highest BCUT2D eigenvalue weighted by molar-refractivity contribution is 5.35. The van der Waals surface area contributed by atoms with Gasteiger partial charge in [-0.05, 0) is 45.7 Å². The van der Waals surface area contributed by atoms with Crippen LogP contribution in [0.25, 0.3) is 0 Å². The molecule has 0 aromatic heterocycles. The standard InChI is InChI=1S/C15H23NO/c1-12(16-2)14-10-6-7-11-15(14)17-13-8-4-3-5-9-13/h6-7,10-13,16H,3-5,8-9H2,1-2H3. The maximum atomic E-state index is 6.17. The van der Waals surface area contributed by atoms with E-state index in [9.17, 15) is 0 Å². The SMILES string of the molecule is CNC(C)c1ccccc1OC1CCCCC1. The first-order chi connectivity index (χ1) is 8.31. The van der Waals surface area contributed by atoms with Gasteiger partial charge in [0.15, 0.2) is 0 Å². The third kappa shape index (κ3) is 3.22. The van der Waals surface area contributed by atoms with Crippen molar-refractivity contribution in [1.29, 1.82) is 0 Å².